The lowest BCUT2D eigenvalue weighted by Gasteiger charge is -2.36. The van der Waals surface area contributed by atoms with Crippen LogP contribution in [0.25, 0.3) is 0 Å². The normalized spacial score (nSPS) is 38.5. The molecule has 0 aromatic carbocycles. The molecule has 11 heavy (non-hydrogen) atoms. The maximum Gasteiger partial charge on any atom is 0.172 e. The van der Waals surface area contributed by atoms with E-state index in [4.69, 9.17) is 9.47 Å². The van der Waals surface area contributed by atoms with Gasteiger partial charge < -0.3 is 14.3 Å². The molecule has 1 aliphatic heterocycles. The van der Waals surface area contributed by atoms with Crippen molar-refractivity contribution in [2.75, 3.05) is 6.61 Å². The van der Waals surface area contributed by atoms with E-state index in [-0.39, 0.29) is 6.10 Å². The summed E-state index contributed by atoms with van der Waals surface area (Å²) in [7, 11) is 0. The summed E-state index contributed by atoms with van der Waals surface area (Å²) in [6.45, 7) is 4.48. The molecule has 2 unspecified atom stereocenters. The van der Waals surface area contributed by atoms with Gasteiger partial charge in [0.15, 0.2) is 5.79 Å². The highest BCUT2D eigenvalue weighted by molar-refractivity contribution is 5.50. The molecule has 0 N–H and O–H groups in total. The third kappa shape index (κ3) is 2.27. The van der Waals surface area contributed by atoms with Gasteiger partial charge in [-0.25, -0.2) is 0 Å². The zero-order valence-corrected chi connectivity index (χ0v) is 7.00. The summed E-state index contributed by atoms with van der Waals surface area (Å²) in [4.78, 5) is 10.2. The van der Waals surface area contributed by atoms with E-state index in [0.29, 0.717) is 13.0 Å². The highest BCUT2D eigenvalue weighted by Gasteiger charge is 2.31. The number of carbonyl (C=O) groups is 1. The minimum atomic E-state index is -0.667. The molecule has 0 saturated carbocycles. The molecule has 1 rings (SSSR count). The lowest BCUT2D eigenvalue weighted by atomic mass is 10.2. The van der Waals surface area contributed by atoms with Crippen molar-refractivity contribution in [3.05, 3.63) is 0 Å². The van der Waals surface area contributed by atoms with Crippen LogP contribution in [-0.4, -0.2) is 24.8 Å². The molecule has 1 saturated heterocycles. The fraction of sp³-hybridized carbons (Fsp3) is 0.875. The first-order valence-corrected chi connectivity index (χ1v) is 3.92. The van der Waals surface area contributed by atoms with Gasteiger partial charge in [0.25, 0.3) is 0 Å². The average molecular weight is 158 g/mol. The Kier molecular flexibility index (Phi) is 2.62. The van der Waals surface area contributed by atoms with Gasteiger partial charge in [-0.1, -0.05) is 0 Å². The summed E-state index contributed by atoms with van der Waals surface area (Å²) in [5.74, 6) is -0.667. The molecule has 3 heteroatoms. The number of hydrogen-bond acceptors (Lipinski definition) is 3. The molecule has 64 valence electrons. The van der Waals surface area contributed by atoms with E-state index in [9.17, 15) is 4.79 Å². The van der Waals surface area contributed by atoms with E-state index in [1.807, 2.05) is 6.92 Å². The number of carbonyl (C=O) groups excluding carboxylic acids is 1. The van der Waals surface area contributed by atoms with Crippen LogP contribution in [0.1, 0.15) is 26.7 Å². The Morgan fingerprint density at radius 1 is 1.73 bits per heavy atom. The Morgan fingerprint density at radius 3 is 3.00 bits per heavy atom. The van der Waals surface area contributed by atoms with Crippen LogP contribution in [0.5, 0.6) is 0 Å². The van der Waals surface area contributed by atoms with E-state index in [0.717, 1.165) is 12.7 Å². The Balaban J connectivity index is 2.47. The van der Waals surface area contributed by atoms with Gasteiger partial charge in [0.2, 0.25) is 0 Å². The Labute approximate surface area is 66.7 Å². The van der Waals surface area contributed by atoms with Crippen molar-refractivity contribution in [3.8, 4) is 0 Å². The van der Waals surface area contributed by atoms with Gasteiger partial charge in [0.05, 0.1) is 19.1 Å². The van der Waals surface area contributed by atoms with Crippen molar-refractivity contribution in [2.24, 2.45) is 0 Å². The topological polar surface area (TPSA) is 35.5 Å². The largest absolute Gasteiger partial charge is 0.350 e. The van der Waals surface area contributed by atoms with Gasteiger partial charge in [-0.2, -0.15) is 0 Å². The van der Waals surface area contributed by atoms with E-state index in [2.05, 4.69) is 0 Å². The van der Waals surface area contributed by atoms with Crippen LogP contribution >= 0.6 is 0 Å². The Bertz CT molecular complexity index is 146. The minimum Gasteiger partial charge on any atom is -0.350 e. The molecule has 1 heterocycles. The van der Waals surface area contributed by atoms with Gasteiger partial charge in [-0.15, -0.1) is 0 Å². The zero-order valence-electron chi connectivity index (χ0n) is 7.00. The number of aldehydes is 1. The van der Waals surface area contributed by atoms with Crippen LogP contribution in [0.15, 0.2) is 0 Å². The molecule has 1 aliphatic rings. The second-order valence-electron chi connectivity index (χ2n) is 3.07. The molecule has 0 bridgehead atoms. The number of rotatable bonds is 2. The first-order chi connectivity index (χ1) is 5.16. The van der Waals surface area contributed by atoms with Gasteiger partial charge in [0.1, 0.15) is 6.29 Å². The maximum absolute atomic E-state index is 10.2. The van der Waals surface area contributed by atoms with E-state index in [1.165, 1.54) is 0 Å². The second kappa shape index (κ2) is 3.32. The zero-order chi connectivity index (χ0) is 8.32. The van der Waals surface area contributed by atoms with Crippen molar-refractivity contribution < 1.29 is 14.3 Å². The van der Waals surface area contributed by atoms with Crippen LogP contribution < -0.4 is 0 Å². The van der Waals surface area contributed by atoms with Crippen molar-refractivity contribution in [1.29, 1.82) is 0 Å². The highest BCUT2D eigenvalue weighted by Crippen LogP contribution is 2.24. The number of hydrogen-bond donors (Lipinski definition) is 0. The van der Waals surface area contributed by atoms with Gasteiger partial charge in [-0.05, 0) is 20.3 Å². The second-order valence-corrected chi connectivity index (χ2v) is 3.07. The fourth-order valence-electron chi connectivity index (χ4n) is 1.22. The quantitative estimate of drug-likeness (QED) is 0.565. The summed E-state index contributed by atoms with van der Waals surface area (Å²) in [5.41, 5.74) is 0. The monoisotopic (exact) mass is 158 g/mol. The predicted octanol–water partition coefficient (Wildman–Crippen LogP) is 1.12. The molecule has 0 spiro atoms. The van der Waals surface area contributed by atoms with Gasteiger partial charge >= 0.3 is 0 Å². The van der Waals surface area contributed by atoms with Crippen LogP contribution in [-0.2, 0) is 14.3 Å². The minimum absolute atomic E-state index is 0.202. The molecule has 0 aliphatic carbocycles. The van der Waals surface area contributed by atoms with E-state index in [1.54, 1.807) is 6.92 Å². The van der Waals surface area contributed by atoms with Gasteiger partial charge in [-0.3, -0.25) is 0 Å². The first-order valence-electron chi connectivity index (χ1n) is 3.92. The summed E-state index contributed by atoms with van der Waals surface area (Å²) >= 11 is 0. The average Bonchev–Trinajstić information content (AvgIpc) is 1.86. The molecular weight excluding hydrogens is 144 g/mol. The van der Waals surface area contributed by atoms with Crippen LogP contribution in [0.3, 0.4) is 0 Å². The molecule has 1 fully saturated rings. The van der Waals surface area contributed by atoms with E-state index >= 15 is 0 Å². The van der Waals surface area contributed by atoms with Crippen molar-refractivity contribution in [2.45, 2.75) is 38.6 Å². The first kappa shape index (κ1) is 8.68. The fourth-order valence-corrected chi connectivity index (χ4v) is 1.22. The maximum atomic E-state index is 10.2. The van der Waals surface area contributed by atoms with E-state index < -0.39 is 5.79 Å². The number of ether oxygens (including phenoxy) is 2. The summed E-state index contributed by atoms with van der Waals surface area (Å²) in [6, 6.07) is 0. The molecule has 0 aromatic heterocycles. The smallest absolute Gasteiger partial charge is 0.172 e. The lowest BCUT2D eigenvalue weighted by Crippen LogP contribution is -2.41. The molecule has 0 radical (unpaired) electrons. The molecule has 2 atom stereocenters. The van der Waals surface area contributed by atoms with Crippen molar-refractivity contribution in [1.82, 2.24) is 0 Å². The van der Waals surface area contributed by atoms with Crippen LogP contribution in [0.4, 0.5) is 0 Å². The molecular formula is C8H14O3. The van der Waals surface area contributed by atoms with Crippen LogP contribution in [0, 0.1) is 0 Å². The summed E-state index contributed by atoms with van der Waals surface area (Å²) in [5, 5.41) is 0. The molecule has 0 amide bonds. The van der Waals surface area contributed by atoms with Crippen molar-refractivity contribution >= 4 is 6.29 Å². The van der Waals surface area contributed by atoms with Gasteiger partial charge in [0, 0.05) is 0 Å². The Morgan fingerprint density at radius 2 is 2.45 bits per heavy atom. The lowest BCUT2D eigenvalue weighted by molar-refractivity contribution is -0.277. The SMILES string of the molecule is CC1CCOC(C)(CC=O)O1. The standard InChI is InChI=1S/C8H14O3/c1-7-3-6-10-8(2,11-7)4-5-9/h5,7H,3-4,6H2,1-2H3. The third-order valence-corrected chi connectivity index (χ3v) is 1.84. The van der Waals surface area contributed by atoms with Crippen LogP contribution in [0.2, 0.25) is 0 Å². The predicted molar refractivity (Wildman–Crippen MR) is 40.2 cm³/mol. The third-order valence-electron chi connectivity index (χ3n) is 1.84. The molecule has 3 nitrogen and oxygen atoms in total. The van der Waals surface area contributed by atoms with Crippen molar-refractivity contribution in [3.63, 3.8) is 0 Å². The highest BCUT2D eigenvalue weighted by atomic mass is 16.7. The summed E-state index contributed by atoms with van der Waals surface area (Å²) in [6.07, 6.45) is 2.26. The Hall–Kier alpha value is -0.410. The summed E-state index contributed by atoms with van der Waals surface area (Å²) < 4.78 is 10.8. The molecule has 0 aromatic rings.